The molecule has 0 fully saturated rings. The number of aliphatic hydroxyl groups excluding tert-OH is 1. The van der Waals surface area contributed by atoms with Gasteiger partial charge in [-0.15, -0.1) is 0 Å². The molecule has 1 atom stereocenters. The van der Waals surface area contributed by atoms with Crippen molar-refractivity contribution in [2.45, 2.75) is 51.2 Å². The van der Waals surface area contributed by atoms with Crippen molar-refractivity contribution >= 4 is 11.6 Å². The molecule has 1 aromatic carbocycles. The first-order valence-electron chi connectivity index (χ1n) is 7.80. The van der Waals surface area contributed by atoms with Crippen LogP contribution in [0.3, 0.4) is 0 Å². The number of nitrogens with one attached hydrogen (secondary N) is 1. The van der Waals surface area contributed by atoms with E-state index in [0.29, 0.717) is 12.8 Å². The van der Waals surface area contributed by atoms with Gasteiger partial charge in [-0.25, -0.2) is 0 Å². The van der Waals surface area contributed by atoms with Crippen LogP contribution in [0.25, 0.3) is 0 Å². The fraction of sp³-hybridized carbons (Fsp3) is 0.529. The smallest absolute Gasteiger partial charge is 0.166 e. The maximum Gasteiger partial charge on any atom is 0.166 e. The molecule has 0 saturated heterocycles. The van der Waals surface area contributed by atoms with Gasteiger partial charge in [0.2, 0.25) is 0 Å². The molecule has 0 aliphatic heterocycles. The second-order valence-corrected chi connectivity index (χ2v) is 5.56. The van der Waals surface area contributed by atoms with Crippen LogP contribution in [0, 0.1) is 0 Å². The first-order chi connectivity index (χ1) is 10.8. The zero-order valence-corrected chi connectivity index (χ0v) is 13.8. The maximum absolute atomic E-state index is 12.6. The van der Waals surface area contributed by atoms with E-state index in [-0.39, 0.29) is 35.7 Å². The van der Waals surface area contributed by atoms with E-state index in [9.17, 15) is 24.9 Å². The number of aliphatic hydroxyl groups is 1. The van der Waals surface area contributed by atoms with Gasteiger partial charge in [0.15, 0.2) is 28.6 Å². The second-order valence-electron chi connectivity index (χ2n) is 5.56. The number of Topliss-reactive ketones (excluding diaryl/α,β-unsaturated/α-hetero) is 2. The number of rotatable bonds is 9. The molecule has 0 amide bonds. The summed E-state index contributed by atoms with van der Waals surface area (Å²) < 4.78 is 0. The van der Waals surface area contributed by atoms with Crippen molar-refractivity contribution in [3.05, 3.63) is 23.8 Å². The Morgan fingerprint density at radius 3 is 2.00 bits per heavy atom. The molecule has 1 unspecified atom stereocenters. The van der Waals surface area contributed by atoms with Crippen LogP contribution in [0.5, 0.6) is 11.5 Å². The summed E-state index contributed by atoms with van der Waals surface area (Å²) in [5, 5.41) is 32.5. The first kappa shape index (κ1) is 19.1. The van der Waals surface area contributed by atoms with Crippen LogP contribution in [0.2, 0.25) is 0 Å². The van der Waals surface area contributed by atoms with Crippen molar-refractivity contribution < 1.29 is 24.9 Å². The average molecular weight is 323 g/mol. The molecule has 0 saturated carbocycles. The highest BCUT2D eigenvalue weighted by molar-refractivity contribution is 6.12. The first-order valence-corrected chi connectivity index (χ1v) is 7.80. The summed E-state index contributed by atoms with van der Waals surface area (Å²) in [4.78, 5) is 25.2. The van der Waals surface area contributed by atoms with E-state index in [0.717, 1.165) is 6.07 Å². The third-order valence-corrected chi connectivity index (χ3v) is 3.95. The third kappa shape index (κ3) is 3.71. The van der Waals surface area contributed by atoms with Gasteiger partial charge in [-0.3, -0.25) is 14.9 Å². The number of likely N-dealkylation sites (N-methyl/N-ethyl adjacent to an activating group) is 1. The topological polar surface area (TPSA) is 107 Å². The summed E-state index contributed by atoms with van der Waals surface area (Å²) in [6.07, 6.45) is -0.0590. The highest BCUT2D eigenvalue weighted by Gasteiger charge is 2.49. The largest absolute Gasteiger partial charge is 0.504 e. The second kappa shape index (κ2) is 8.08. The molecule has 0 heterocycles. The Morgan fingerprint density at radius 2 is 1.61 bits per heavy atom. The van der Waals surface area contributed by atoms with Crippen LogP contribution in [0.15, 0.2) is 18.2 Å². The molecule has 6 nitrogen and oxygen atoms in total. The summed E-state index contributed by atoms with van der Waals surface area (Å²) in [5.41, 5.74) is -1.57. The molecular weight excluding hydrogens is 298 g/mol. The lowest BCUT2D eigenvalue weighted by Gasteiger charge is -2.35. The van der Waals surface area contributed by atoms with Gasteiger partial charge < -0.3 is 15.3 Å². The summed E-state index contributed by atoms with van der Waals surface area (Å²) in [7, 11) is 1.46. The van der Waals surface area contributed by atoms with E-state index in [4.69, 9.17) is 0 Å². The summed E-state index contributed by atoms with van der Waals surface area (Å²) >= 11 is 0. The average Bonchev–Trinajstić information content (AvgIpc) is 2.51. The molecule has 4 N–H and O–H groups in total. The SMILES string of the molecule is CCCC(=O)C(NC)(C(=O)CCC)C(O)c1ccc(O)c(O)c1. The Labute approximate surface area is 136 Å². The van der Waals surface area contributed by atoms with Gasteiger partial charge in [-0.05, 0) is 37.6 Å². The number of hydrogen-bond donors (Lipinski definition) is 4. The Morgan fingerprint density at radius 1 is 1.09 bits per heavy atom. The van der Waals surface area contributed by atoms with Crippen LogP contribution in [-0.4, -0.2) is 39.5 Å². The van der Waals surface area contributed by atoms with Crippen LogP contribution in [0.1, 0.15) is 51.2 Å². The Hall–Kier alpha value is -1.92. The highest BCUT2D eigenvalue weighted by Crippen LogP contribution is 2.34. The molecule has 0 spiro atoms. The normalized spacial score (nSPS) is 12.9. The molecule has 0 aromatic heterocycles. The third-order valence-electron chi connectivity index (χ3n) is 3.95. The zero-order chi connectivity index (χ0) is 17.6. The van der Waals surface area contributed by atoms with Crippen LogP contribution in [0.4, 0.5) is 0 Å². The molecule has 23 heavy (non-hydrogen) atoms. The number of phenolic OH excluding ortho intramolecular Hbond substituents is 2. The van der Waals surface area contributed by atoms with Gasteiger partial charge in [-0.1, -0.05) is 19.9 Å². The quantitative estimate of drug-likeness (QED) is 0.408. The standard InChI is InChI=1S/C17H25NO5/c1-4-6-14(21)17(18-3,15(22)7-5-2)16(23)11-8-9-12(19)13(20)10-11/h8-10,16,18-20,23H,4-7H2,1-3H3. The Balaban J connectivity index is 3.38. The summed E-state index contributed by atoms with van der Waals surface area (Å²) in [6.45, 7) is 3.64. The van der Waals surface area contributed by atoms with Gasteiger partial charge in [0.05, 0.1) is 0 Å². The van der Waals surface area contributed by atoms with Crippen molar-refractivity contribution in [2.75, 3.05) is 7.05 Å². The van der Waals surface area contributed by atoms with Gasteiger partial charge in [0.25, 0.3) is 0 Å². The lowest BCUT2D eigenvalue weighted by atomic mass is 9.77. The predicted molar refractivity (Wildman–Crippen MR) is 86.4 cm³/mol. The van der Waals surface area contributed by atoms with Crippen LogP contribution in [-0.2, 0) is 9.59 Å². The molecule has 1 rings (SSSR count). The lowest BCUT2D eigenvalue weighted by Crippen LogP contribution is -2.60. The zero-order valence-electron chi connectivity index (χ0n) is 13.8. The minimum Gasteiger partial charge on any atom is -0.504 e. The van der Waals surface area contributed by atoms with Crippen molar-refractivity contribution in [1.82, 2.24) is 5.32 Å². The van der Waals surface area contributed by atoms with Crippen molar-refractivity contribution in [1.29, 1.82) is 0 Å². The van der Waals surface area contributed by atoms with Crippen molar-refractivity contribution in [2.24, 2.45) is 0 Å². The van der Waals surface area contributed by atoms with E-state index in [1.807, 2.05) is 13.8 Å². The lowest BCUT2D eigenvalue weighted by molar-refractivity contribution is -0.142. The molecule has 0 bridgehead atoms. The number of carbonyl (C=O) groups is 2. The van der Waals surface area contributed by atoms with E-state index in [1.165, 1.54) is 19.2 Å². The number of phenols is 2. The molecule has 0 radical (unpaired) electrons. The van der Waals surface area contributed by atoms with Crippen molar-refractivity contribution in [3.63, 3.8) is 0 Å². The van der Waals surface area contributed by atoms with Gasteiger partial charge in [-0.2, -0.15) is 0 Å². The summed E-state index contributed by atoms with van der Waals surface area (Å²) in [6, 6.07) is 3.75. The molecule has 6 heteroatoms. The van der Waals surface area contributed by atoms with Gasteiger partial charge in [0, 0.05) is 12.8 Å². The number of hydrogen-bond acceptors (Lipinski definition) is 6. The Kier molecular flexibility index (Phi) is 6.72. The number of ketones is 2. The van der Waals surface area contributed by atoms with Crippen molar-refractivity contribution in [3.8, 4) is 11.5 Å². The molecular formula is C17H25NO5. The number of benzene rings is 1. The van der Waals surface area contributed by atoms with Crippen LogP contribution < -0.4 is 5.32 Å². The molecule has 0 aliphatic rings. The van der Waals surface area contributed by atoms with E-state index in [2.05, 4.69) is 5.32 Å². The fourth-order valence-corrected chi connectivity index (χ4v) is 2.69. The molecule has 1 aromatic rings. The maximum atomic E-state index is 12.6. The number of aromatic hydroxyl groups is 2. The Bertz CT molecular complexity index is 552. The van der Waals surface area contributed by atoms with E-state index < -0.39 is 17.4 Å². The minimum atomic E-state index is -1.75. The highest BCUT2D eigenvalue weighted by atomic mass is 16.3. The van der Waals surface area contributed by atoms with Gasteiger partial charge in [0.1, 0.15) is 6.10 Å². The molecule has 128 valence electrons. The monoisotopic (exact) mass is 323 g/mol. The van der Waals surface area contributed by atoms with E-state index in [1.54, 1.807) is 0 Å². The number of carbonyl (C=O) groups excluding carboxylic acids is 2. The van der Waals surface area contributed by atoms with E-state index >= 15 is 0 Å². The predicted octanol–water partition coefficient (Wildman–Crippen LogP) is 1.83. The van der Waals surface area contributed by atoms with Gasteiger partial charge >= 0.3 is 0 Å². The summed E-state index contributed by atoms with van der Waals surface area (Å²) in [5.74, 6) is -1.53. The minimum absolute atomic E-state index is 0.150. The van der Waals surface area contributed by atoms with Crippen LogP contribution >= 0.6 is 0 Å². The molecule has 0 aliphatic carbocycles. The fourth-order valence-electron chi connectivity index (χ4n) is 2.69.